The first-order valence-electron chi connectivity index (χ1n) is 6.53. The predicted octanol–water partition coefficient (Wildman–Crippen LogP) is 3.51. The largest absolute Gasteiger partial charge is 0.325 e. The summed E-state index contributed by atoms with van der Waals surface area (Å²) in [6, 6.07) is 15.3. The maximum absolute atomic E-state index is 12.5. The fourth-order valence-electron chi connectivity index (χ4n) is 2.09. The third kappa shape index (κ3) is 3.08. The molecule has 0 aromatic heterocycles. The Morgan fingerprint density at radius 2 is 1.62 bits per heavy atom. The molecule has 5 nitrogen and oxygen atoms in total. The molecule has 5 heteroatoms. The van der Waals surface area contributed by atoms with Gasteiger partial charge in [-0.15, -0.1) is 0 Å². The van der Waals surface area contributed by atoms with Gasteiger partial charge in [-0.1, -0.05) is 36.4 Å². The van der Waals surface area contributed by atoms with Crippen molar-refractivity contribution in [2.45, 2.75) is 19.3 Å². The number of benzene rings is 2. The van der Waals surface area contributed by atoms with Crippen LogP contribution in [0.15, 0.2) is 54.6 Å². The first-order chi connectivity index (χ1) is 9.93. The fraction of sp³-hybridized carbons (Fsp3) is 0.188. The van der Waals surface area contributed by atoms with Crippen LogP contribution in [0.1, 0.15) is 19.4 Å². The number of anilines is 1. The van der Waals surface area contributed by atoms with Crippen LogP contribution in [0.25, 0.3) is 0 Å². The summed E-state index contributed by atoms with van der Waals surface area (Å²) in [5.74, 6) is -0.289. The minimum absolute atomic E-state index is 0.0503. The first-order valence-corrected chi connectivity index (χ1v) is 6.53. The van der Waals surface area contributed by atoms with Gasteiger partial charge in [-0.3, -0.25) is 14.9 Å². The number of rotatable bonds is 4. The Kier molecular flexibility index (Phi) is 4.03. The van der Waals surface area contributed by atoms with E-state index >= 15 is 0 Å². The molecule has 0 aliphatic carbocycles. The molecule has 2 aromatic rings. The zero-order chi connectivity index (χ0) is 15.5. The van der Waals surface area contributed by atoms with Crippen LogP contribution >= 0.6 is 0 Å². The average molecular weight is 284 g/mol. The molecule has 0 aliphatic rings. The van der Waals surface area contributed by atoms with Crippen molar-refractivity contribution in [3.63, 3.8) is 0 Å². The number of nitro groups is 1. The van der Waals surface area contributed by atoms with Gasteiger partial charge in [-0.2, -0.15) is 0 Å². The van der Waals surface area contributed by atoms with Crippen molar-refractivity contribution in [2.75, 3.05) is 5.32 Å². The molecule has 2 rings (SSSR count). The summed E-state index contributed by atoms with van der Waals surface area (Å²) in [7, 11) is 0. The van der Waals surface area contributed by atoms with Crippen LogP contribution in [0.3, 0.4) is 0 Å². The second-order valence-electron chi connectivity index (χ2n) is 5.22. The van der Waals surface area contributed by atoms with Gasteiger partial charge < -0.3 is 5.32 Å². The number of para-hydroxylation sites is 2. The fourth-order valence-corrected chi connectivity index (χ4v) is 2.09. The maximum atomic E-state index is 12.5. The third-order valence-electron chi connectivity index (χ3n) is 3.37. The number of carbonyl (C=O) groups excluding carboxylic acids is 1. The Hall–Kier alpha value is -2.69. The van der Waals surface area contributed by atoms with Gasteiger partial charge in [-0.25, -0.2) is 0 Å². The van der Waals surface area contributed by atoms with Crippen LogP contribution in [0.2, 0.25) is 0 Å². The molecule has 0 atom stereocenters. The van der Waals surface area contributed by atoms with Gasteiger partial charge in [0, 0.05) is 17.3 Å². The van der Waals surface area contributed by atoms with E-state index in [1.165, 1.54) is 6.07 Å². The lowest BCUT2D eigenvalue weighted by Gasteiger charge is -2.23. The molecule has 0 heterocycles. The summed E-state index contributed by atoms with van der Waals surface area (Å²) in [5, 5.41) is 13.9. The van der Waals surface area contributed by atoms with Crippen LogP contribution in [0, 0.1) is 10.1 Å². The summed E-state index contributed by atoms with van der Waals surface area (Å²) < 4.78 is 0. The lowest BCUT2D eigenvalue weighted by molar-refractivity contribution is -0.385. The van der Waals surface area contributed by atoms with Crippen molar-refractivity contribution in [1.29, 1.82) is 0 Å². The lowest BCUT2D eigenvalue weighted by atomic mass is 9.82. The molecule has 0 bridgehead atoms. The highest BCUT2D eigenvalue weighted by Gasteiger charge is 2.35. The Morgan fingerprint density at radius 3 is 2.24 bits per heavy atom. The van der Waals surface area contributed by atoms with E-state index in [-0.39, 0.29) is 11.6 Å². The number of nitrogens with one attached hydrogen (secondary N) is 1. The van der Waals surface area contributed by atoms with E-state index < -0.39 is 10.3 Å². The maximum Gasteiger partial charge on any atom is 0.273 e. The van der Waals surface area contributed by atoms with Crippen molar-refractivity contribution >= 4 is 17.3 Å². The van der Waals surface area contributed by atoms with Crippen LogP contribution in [0.5, 0.6) is 0 Å². The molecule has 1 amide bonds. The highest BCUT2D eigenvalue weighted by molar-refractivity contribution is 5.99. The van der Waals surface area contributed by atoms with Gasteiger partial charge in [0.15, 0.2) is 0 Å². The zero-order valence-corrected chi connectivity index (χ0v) is 11.9. The number of hydrogen-bond acceptors (Lipinski definition) is 3. The molecule has 0 spiro atoms. The molecule has 0 radical (unpaired) electrons. The summed E-state index contributed by atoms with van der Waals surface area (Å²) in [4.78, 5) is 23.1. The van der Waals surface area contributed by atoms with Crippen LogP contribution in [0.4, 0.5) is 11.4 Å². The summed E-state index contributed by atoms with van der Waals surface area (Å²) in [5.41, 5.74) is -0.0113. The minimum atomic E-state index is -1.01. The molecule has 0 fully saturated rings. The van der Waals surface area contributed by atoms with E-state index in [1.807, 2.05) is 18.2 Å². The molecule has 1 N–H and O–H groups in total. The number of nitrogens with zero attached hydrogens (tertiary/aromatic N) is 1. The van der Waals surface area contributed by atoms with Crippen molar-refractivity contribution in [3.8, 4) is 0 Å². The molecule has 0 saturated carbocycles. The molecule has 2 aromatic carbocycles. The molecule has 0 aliphatic heterocycles. The van der Waals surface area contributed by atoms with Crippen LogP contribution in [-0.2, 0) is 10.2 Å². The van der Waals surface area contributed by atoms with E-state index in [0.717, 1.165) is 0 Å². The van der Waals surface area contributed by atoms with E-state index in [9.17, 15) is 14.9 Å². The number of nitro benzene ring substituents is 1. The van der Waals surface area contributed by atoms with E-state index in [0.29, 0.717) is 11.3 Å². The first kappa shape index (κ1) is 14.7. The van der Waals surface area contributed by atoms with Gasteiger partial charge >= 0.3 is 0 Å². The zero-order valence-electron chi connectivity index (χ0n) is 11.9. The van der Waals surface area contributed by atoms with E-state index in [4.69, 9.17) is 0 Å². The van der Waals surface area contributed by atoms with Gasteiger partial charge in [0.2, 0.25) is 5.91 Å². The van der Waals surface area contributed by atoms with Crippen molar-refractivity contribution in [2.24, 2.45) is 0 Å². The Labute approximate surface area is 122 Å². The Morgan fingerprint density at radius 1 is 1.05 bits per heavy atom. The van der Waals surface area contributed by atoms with Gasteiger partial charge in [0.25, 0.3) is 5.69 Å². The smallest absolute Gasteiger partial charge is 0.273 e. The van der Waals surface area contributed by atoms with Crippen LogP contribution < -0.4 is 5.32 Å². The van der Waals surface area contributed by atoms with Crippen molar-refractivity contribution in [1.82, 2.24) is 0 Å². The standard InChI is InChI=1S/C16H16N2O3/c1-16(2,13-10-6-7-11-14(13)18(20)21)15(19)17-12-8-4-3-5-9-12/h3-11H,1-2H3,(H,17,19). The van der Waals surface area contributed by atoms with Crippen molar-refractivity contribution in [3.05, 3.63) is 70.3 Å². The number of amides is 1. The summed E-state index contributed by atoms with van der Waals surface area (Å²) in [6.07, 6.45) is 0. The highest BCUT2D eigenvalue weighted by atomic mass is 16.6. The Bertz CT molecular complexity index is 666. The van der Waals surface area contributed by atoms with Gasteiger partial charge in [-0.05, 0) is 26.0 Å². The molecule has 0 unspecified atom stereocenters. The summed E-state index contributed by atoms with van der Waals surface area (Å²) in [6.45, 7) is 3.35. The van der Waals surface area contributed by atoms with Crippen molar-refractivity contribution < 1.29 is 9.72 Å². The second-order valence-corrected chi connectivity index (χ2v) is 5.22. The second kappa shape index (κ2) is 5.75. The van der Waals surface area contributed by atoms with Gasteiger partial charge in [0.05, 0.1) is 10.3 Å². The van der Waals surface area contributed by atoms with Gasteiger partial charge in [0.1, 0.15) is 0 Å². The quantitative estimate of drug-likeness (QED) is 0.689. The third-order valence-corrected chi connectivity index (χ3v) is 3.37. The molecular formula is C16H16N2O3. The minimum Gasteiger partial charge on any atom is -0.325 e. The highest BCUT2D eigenvalue weighted by Crippen LogP contribution is 2.32. The topological polar surface area (TPSA) is 72.2 Å². The monoisotopic (exact) mass is 284 g/mol. The molecular weight excluding hydrogens is 268 g/mol. The number of carbonyl (C=O) groups is 1. The molecule has 108 valence electrons. The lowest BCUT2D eigenvalue weighted by Crippen LogP contribution is -2.35. The molecule has 21 heavy (non-hydrogen) atoms. The molecule has 0 saturated heterocycles. The van der Waals surface area contributed by atoms with Crippen LogP contribution in [-0.4, -0.2) is 10.8 Å². The van der Waals surface area contributed by atoms with E-state index in [2.05, 4.69) is 5.32 Å². The Balaban J connectivity index is 2.33. The normalized spacial score (nSPS) is 11.0. The number of hydrogen-bond donors (Lipinski definition) is 1. The predicted molar refractivity (Wildman–Crippen MR) is 81.2 cm³/mol. The SMILES string of the molecule is CC(C)(C(=O)Nc1ccccc1)c1ccccc1[N+](=O)[O-]. The van der Waals surface area contributed by atoms with E-state index in [1.54, 1.807) is 44.2 Å². The average Bonchev–Trinajstić information content (AvgIpc) is 2.48. The summed E-state index contributed by atoms with van der Waals surface area (Å²) >= 11 is 0.